The minimum Gasteiger partial charge on any atom is -0.297 e. The fourth-order valence-electron chi connectivity index (χ4n) is 2.55. The van der Waals surface area contributed by atoms with Crippen LogP contribution in [0.15, 0.2) is 12.3 Å². The summed E-state index contributed by atoms with van der Waals surface area (Å²) in [5.41, 5.74) is 1.20. The van der Waals surface area contributed by atoms with Gasteiger partial charge in [0.05, 0.1) is 5.69 Å². The topological polar surface area (TPSA) is 21.1 Å². The zero-order chi connectivity index (χ0) is 11.5. The second kappa shape index (κ2) is 5.00. The Morgan fingerprint density at radius 2 is 2.06 bits per heavy atom. The summed E-state index contributed by atoms with van der Waals surface area (Å²) in [4.78, 5) is 2.53. The molecule has 0 aliphatic carbocycles. The third-order valence-electron chi connectivity index (χ3n) is 3.73. The molecule has 0 bridgehead atoms. The highest BCUT2D eigenvalue weighted by Gasteiger charge is 2.21. The van der Waals surface area contributed by atoms with Gasteiger partial charge in [-0.05, 0) is 43.8 Å². The highest BCUT2D eigenvalue weighted by molar-refractivity contribution is 4.98. The van der Waals surface area contributed by atoms with Crippen molar-refractivity contribution in [1.82, 2.24) is 14.7 Å². The van der Waals surface area contributed by atoms with E-state index in [-0.39, 0.29) is 0 Å². The van der Waals surface area contributed by atoms with Crippen molar-refractivity contribution in [1.29, 1.82) is 0 Å². The molecule has 0 N–H and O–H groups in total. The highest BCUT2D eigenvalue weighted by Crippen LogP contribution is 2.24. The third-order valence-corrected chi connectivity index (χ3v) is 3.73. The van der Waals surface area contributed by atoms with E-state index in [1.54, 1.807) is 0 Å². The van der Waals surface area contributed by atoms with Gasteiger partial charge in [-0.15, -0.1) is 0 Å². The SMILES string of the molecule is CC(C)C1CCN(Cc2ccn(C)n2)CC1. The molecule has 1 aliphatic rings. The second-order valence-corrected chi connectivity index (χ2v) is 5.34. The Labute approximate surface area is 98.4 Å². The van der Waals surface area contributed by atoms with E-state index >= 15 is 0 Å². The van der Waals surface area contributed by atoms with Crippen LogP contribution in [0.2, 0.25) is 0 Å². The lowest BCUT2D eigenvalue weighted by Gasteiger charge is -2.33. The first-order chi connectivity index (χ1) is 7.65. The predicted octanol–water partition coefficient (Wildman–Crippen LogP) is 2.29. The van der Waals surface area contributed by atoms with E-state index in [1.807, 2.05) is 17.9 Å². The highest BCUT2D eigenvalue weighted by atomic mass is 15.3. The minimum absolute atomic E-state index is 0.844. The number of piperidine rings is 1. The van der Waals surface area contributed by atoms with Crippen molar-refractivity contribution < 1.29 is 0 Å². The molecule has 2 rings (SSSR count). The third kappa shape index (κ3) is 2.85. The van der Waals surface area contributed by atoms with Crippen molar-refractivity contribution in [3.05, 3.63) is 18.0 Å². The quantitative estimate of drug-likeness (QED) is 0.781. The molecule has 1 saturated heterocycles. The van der Waals surface area contributed by atoms with Crippen LogP contribution in [0.3, 0.4) is 0 Å². The minimum atomic E-state index is 0.844. The summed E-state index contributed by atoms with van der Waals surface area (Å²) in [5, 5.41) is 4.43. The Hall–Kier alpha value is -0.830. The number of hydrogen-bond donors (Lipinski definition) is 0. The number of hydrogen-bond acceptors (Lipinski definition) is 2. The molecule has 1 aromatic heterocycles. The van der Waals surface area contributed by atoms with Gasteiger partial charge in [-0.25, -0.2) is 0 Å². The standard InChI is InChI=1S/C13H23N3/c1-11(2)12-4-8-16(9-5-12)10-13-6-7-15(3)14-13/h6-7,11-12H,4-5,8-10H2,1-3H3. The molecule has 3 heteroatoms. The van der Waals surface area contributed by atoms with Crippen molar-refractivity contribution in [3.8, 4) is 0 Å². The van der Waals surface area contributed by atoms with Crippen molar-refractivity contribution in [2.75, 3.05) is 13.1 Å². The van der Waals surface area contributed by atoms with Crippen molar-refractivity contribution >= 4 is 0 Å². The Morgan fingerprint density at radius 3 is 2.56 bits per heavy atom. The fourth-order valence-corrected chi connectivity index (χ4v) is 2.55. The first-order valence-electron chi connectivity index (χ1n) is 6.36. The summed E-state index contributed by atoms with van der Waals surface area (Å²) >= 11 is 0. The lowest BCUT2D eigenvalue weighted by molar-refractivity contribution is 0.150. The van der Waals surface area contributed by atoms with Gasteiger partial charge in [0.2, 0.25) is 0 Å². The first kappa shape index (κ1) is 11.6. The largest absolute Gasteiger partial charge is 0.297 e. The number of aryl methyl sites for hydroxylation is 1. The molecule has 1 aromatic rings. The van der Waals surface area contributed by atoms with Gasteiger partial charge in [0, 0.05) is 19.8 Å². The van der Waals surface area contributed by atoms with Crippen molar-refractivity contribution in [2.24, 2.45) is 18.9 Å². The van der Waals surface area contributed by atoms with Crippen LogP contribution in [0.5, 0.6) is 0 Å². The molecule has 0 aromatic carbocycles. The molecule has 0 unspecified atom stereocenters. The van der Waals surface area contributed by atoms with E-state index in [0.717, 1.165) is 18.4 Å². The lowest BCUT2D eigenvalue weighted by atomic mass is 9.87. The average molecular weight is 221 g/mol. The zero-order valence-corrected chi connectivity index (χ0v) is 10.7. The van der Waals surface area contributed by atoms with Crippen LogP contribution in [0.25, 0.3) is 0 Å². The van der Waals surface area contributed by atoms with Crippen LogP contribution < -0.4 is 0 Å². The van der Waals surface area contributed by atoms with E-state index in [4.69, 9.17) is 0 Å². The number of likely N-dealkylation sites (tertiary alicyclic amines) is 1. The molecule has 90 valence electrons. The zero-order valence-electron chi connectivity index (χ0n) is 10.7. The number of rotatable bonds is 3. The van der Waals surface area contributed by atoms with Crippen LogP contribution in [-0.2, 0) is 13.6 Å². The molecule has 2 heterocycles. The molecule has 3 nitrogen and oxygen atoms in total. The summed E-state index contributed by atoms with van der Waals surface area (Å²) in [7, 11) is 1.98. The van der Waals surface area contributed by atoms with Gasteiger partial charge in [0.1, 0.15) is 0 Å². The predicted molar refractivity (Wildman–Crippen MR) is 66.0 cm³/mol. The van der Waals surface area contributed by atoms with Crippen molar-refractivity contribution in [3.63, 3.8) is 0 Å². The second-order valence-electron chi connectivity index (χ2n) is 5.34. The Bertz CT molecular complexity index is 322. The van der Waals surface area contributed by atoms with Crippen LogP contribution in [0, 0.1) is 11.8 Å². The maximum atomic E-state index is 4.43. The summed E-state index contributed by atoms with van der Waals surface area (Å²) in [6, 6.07) is 2.12. The maximum absolute atomic E-state index is 4.43. The van der Waals surface area contributed by atoms with E-state index in [2.05, 4.69) is 29.9 Å². The smallest absolute Gasteiger partial charge is 0.0764 e. The van der Waals surface area contributed by atoms with E-state index in [1.165, 1.54) is 31.6 Å². The molecular weight excluding hydrogens is 198 g/mol. The lowest BCUT2D eigenvalue weighted by Crippen LogP contribution is -2.34. The van der Waals surface area contributed by atoms with Crippen LogP contribution in [-0.4, -0.2) is 27.8 Å². The molecule has 0 atom stereocenters. The Morgan fingerprint density at radius 1 is 1.38 bits per heavy atom. The van der Waals surface area contributed by atoms with Crippen LogP contribution in [0.4, 0.5) is 0 Å². The molecule has 1 aliphatic heterocycles. The summed E-state index contributed by atoms with van der Waals surface area (Å²) in [5.74, 6) is 1.77. The summed E-state index contributed by atoms with van der Waals surface area (Å²) in [6.45, 7) is 8.18. The Balaban J connectivity index is 1.81. The molecule has 16 heavy (non-hydrogen) atoms. The van der Waals surface area contributed by atoms with Gasteiger partial charge in [-0.1, -0.05) is 13.8 Å². The van der Waals surface area contributed by atoms with Gasteiger partial charge >= 0.3 is 0 Å². The van der Waals surface area contributed by atoms with Gasteiger partial charge in [-0.2, -0.15) is 5.10 Å². The Kier molecular flexibility index (Phi) is 3.64. The monoisotopic (exact) mass is 221 g/mol. The van der Waals surface area contributed by atoms with Crippen molar-refractivity contribution in [2.45, 2.75) is 33.2 Å². The first-order valence-corrected chi connectivity index (χ1v) is 6.36. The summed E-state index contributed by atoms with van der Waals surface area (Å²) in [6.07, 6.45) is 4.73. The fraction of sp³-hybridized carbons (Fsp3) is 0.769. The van der Waals surface area contributed by atoms with Crippen LogP contribution >= 0.6 is 0 Å². The number of aromatic nitrogens is 2. The molecule has 1 fully saturated rings. The molecule has 0 saturated carbocycles. The van der Waals surface area contributed by atoms with E-state index in [9.17, 15) is 0 Å². The van der Waals surface area contributed by atoms with Gasteiger partial charge in [0.25, 0.3) is 0 Å². The molecule has 0 spiro atoms. The van der Waals surface area contributed by atoms with E-state index in [0.29, 0.717) is 0 Å². The van der Waals surface area contributed by atoms with Gasteiger partial charge in [-0.3, -0.25) is 9.58 Å². The van der Waals surface area contributed by atoms with E-state index < -0.39 is 0 Å². The van der Waals surface area contributed by atoms with Crippen LogP contribution in [0.1, 0.15) is 32.4 Å². The molecular formula is C13H23N3. The normalized spacial score (nSPS) is 19.5. The van der Waals surface area contributed by atoms with Gasteiger partial charge < -0.3 is 0 Å². The maximum Gasteiger partial charge on any atom is 0.0764 e. The summed E-state index contributed by atoms with van der Waals surface area (Å²) < 4.78 is 1.89. The molecule has 0 amide bonds. The average Bonchev–Trinajstić information content (AvgIpc) is 2.65. The number of nitrogens with zero attached hydrogens (tertiary/aromatic N) is 3. The van der Waals surface area contributed by atoms with Gasteiger partial charge in [0.15, 0.2) is 0 Å². The molecule has 0 radical (unpaired) electrons.